The molecular weight excluding hydrogens is 335 g/mol. The summed E-state index contributed by atoms with van der Waals surface area (Å²) in [6, 6.07) is 0.0383. The molecule has 0 radical (unpaired) electrons. The third kappa shape index (κ3) is 6.00. The number of carbonyl (C=O) groups excluding carboxylic acids is 1. The molecule has 1 unspecified atom stereocenters. The van der Waals surface area contributed by atoms with Gasteiger partial charge < -0.3 is 10.6 Å². The molecule has 3 N–H and O–H groups in total. The highest BCUT2D eigenvalue weighted by Gasteiger charge is 2.43. The summed E-state index contributed by atoms with van der Waals surface area (Å²) in [4.78, 5) is 13.1. The van der Waals surface area contributed by atoms with E-state index in [1.54, 1.807) is 13.0 Å². The van der Waals surface area contributed by atoms with Gasteiger partial charge >= 0.3 is 6.18 Å². The number of hydrogen-bond acceptors (Lipinski definition) is 4. The molecule has 0 spiro atoms. The van der Waals surface area contributed by atoms with Crippen molar-refractivity contribution < 1.29 is 18.0 Å². The zero-order chi connectivity index (χ0) is 16.2. The lowest BCUT2D eigenvalue weighted by Crippen LogP contribution is -2.57. The maximum absolute atomic E-state index is 13.2. The zero-order valence-corrected chi connectivity index (χ0v) is 13.6. The molecule has 1 aromatic rings. The minimum absolute atomic E-state index is 0. The average molecular weight is 356 g/mol. The zero-order valence-electron chi connectivity index (χ0n) is 12.7. The number of nitrogens with one attached hydrogen (secondary N) is 3. The number of alkyl halides is 3. The number of rotatable bonds is 5. The van der Waals surface area contributed by atoms with Crippen LogP contribution in [0.15, 0.2) is 6.07 Å². The summed E-state index contributed by atoms with van der Waals surface area (Å²) in [6.45, 7) is 3.03. The fraction of sp³-hybridized carbons (Fsp3) is 0.692. The van der Waals surface area contributed by atoms with Crippen LogP contribution >= 0.6 is 12.4 Å². The topological polar surface area (TPSA) is 73.1 Å². The fourth-order valence-electron chi connectivity index (χ4n) is 2.45. The molecule has 23 heavy (non-hydrogen) atoms. The van der Waals surface area contributed by atoms with Crippen molar-refractivity contribution in [3.05, 3.63) is 17.5 Å². The maximum Gasteiger partial charge on any atom is 0.405 e. The summed E-state index contributed by atoms with van der Waals surface area (Å²) >= 11 is 0. The molecule has 132 valence electrons. The number of piperazine rings is 1. The molecule has 1 saturated heterocycles. The number of halogens is 4. The quantitative estimate of drug-likeness (QED) is 0.724. The molecule has 0 aliphatic carbocycles. The molecule has 2 heterocycles. The highest BCUT2D eigenvalue weighted by Crippen LogP contribution is 2.24. The molecule has 6 nitrogen and oxygen atoms in total. The first-order valence-electron chi connectivity index (χ1n) is 7.15. The Morgan fingerprint density at radius 1 is 1.43 bits per heavy atom. The second-order valence-corrected chi connectivity index (χ2v) is 5.37. The van der Waals surface area contributed by atoms with Crippen LogP contribution in [0.5, 0.6) is 0 Å². The highest BCUT2D eigenvalue weighted by atomic mass is 35.5. The van der Waals surface area contributed by atoms with Gasteiger partial charge in [0.05, 0.1) is 12.1 Å². The van der Waals surface area contributed by atoms with E-state index in [1.165, 1.54) is 4.90 Å². The van der Waals surface area contributed by atoms with E-state index >= 15 is 0 Å². The molecule has 1 aliphatic heterocycles. The summed E-state index contributed by atoms with van der Waals surface area (Å²) in [5, 5.41) is 12.0. The van der Waals surface area contributed by atoms with E-state index in [1.807, 2.05) is 0 Å². The van der Waals surface area contributed by atoms with E-state index in [4.69, 9.17) is 0 Å². The maximum atomic E-state index is 13.2. The Morgan fingerprint density at radius 3 is 2.61 bits per heavy atom. The lowest BCUT2D eigenvalue weighted by atomic mass is 10.2. The van der Waals surface area contributed by atoms with E-state index in [0.717, 1.165) is 5.69 Å². The third-order valence-corrected chi connectivity index (χ3v) is 3.56. The summed E-state index contributed by atoms with van der Waals surface area (Å²) in [6.07, 6.45) is -4.40. The predicted molar refractivity (Wildman–Crippen MR) is 81.6 cm³/mol. The van der Waals surface area contributed by atoms with Gasteiger partial charge in [0.1, 0.15) is 6.04 Å². The molecule has 0 saturated carbocycles. The summed E-state index contributed by atoms with van der Waals surface area (Å²) in [7, 11) is 0. The van der Waals surface area contributed by atoms with E-state index in [9.17, 15) is 18.0 Å². The first-order chi connectivity index (χ1) is 10.4. The molecule has 0 aromatic carbocycles. The molecule has 1 atom stereocenters. The van der Waals surface area contributed by atoms with Crippen molar-refractivity contribution >= 4 is 18.3 Å². The van der Waals surface area contributed by atoms with Crippen molar-refractivity contribution in [2.24, 2.45) is 0 Å². The van der Waals surface area contributed by atoms with Crippen LogP contribution < -0.4 is 10.6 Å². The lowest BCUT2D eigenvalue weighted by Gasteiger charge is -2.35. The van der Waals surface area contributed by atoms with Gasteiger partial charge in [0.15, 0.2) is 0 Å². The van der Waals surface area contributed by atoms with Gasteiger partial charge in [0.2, 0.25) is 5.91 Å². The number of nitrogens with zero attached hydrogens (tertiary/aromatic N) is 2. The van der Waals surface area contributed by atoms with Gasteiger partial charge in [-0.15, -0.1) is 12.4 Å². The monoisotopic (exact) mass is 355 g/mol. The van der Waals surface area contributed by atoms with Crippen LogP contribution in [-0.2, 0) is 11.2 Å². The molecule has 1 amide bonds. The smallest absolute Gasteiger partial charge is 0.354 e. The third-order valence-electron chi connectivity index (χ3n) is 3.56. The summed E-state index contributed by atoms with van der Waals surface area (Å²) < 4.78 is 39.5. The van der Waals surface area contributed by atoms with Crippen molar-refractivity contribution in [2.45, 2.75) is 25.6 Å². The molecular formula is C13H21ClF3N5O. The van der Waals surface area contributed by atoms with Crippen LogP contribution in [-0.4, -0.2) is 65.9 Å². The molecule has 1 aromatic heterocycles. The van der Waals surface area contributed by atoms with E-state index in [2.05, 4.69) is 20.8 Å². The number of aromatic nitrogens is 2. The van der Waals surface area contributed by atoms with Crippen LogP contribution in [0.25, 0.3) is 0 Å². The molecule has 1 fully saturated rings. The molecule has 2 rings (SSSR count). The van der Waals surface area contributed by atoms with Crippen LogP contribution in [0.1, 0.15) is 11.4 Å². The fourth-order valence-corrected chi connectivity index (χ4v) is 2.45. The van der Waals surface area contributed by atoms with Crippen LogP contribution in [0, 0.1) is 6.92 Å². The van der Waals surface area contributed by atoms with Gasteiger partial charge in [-0.2, -0.15) is 18.3 Å². The Balaban J connectivity index is 0.00000264. The van der Waals surface area contributed by atoms with Crippen molar-refractivity contribution in [3.8, 4) is 0 Å². The van der Waals surface area contributed by atoms with Crippen LogP contribution in [0.4, 0.5) is 13.2 Å². The molecule has 10 heteroatoms. The van der Waals surface area contributed by atoms with E-state index in [-0.39, 0.29) is 18.8 Å². The number of aryl methyl sites for hydroxylation is 1. The van der Waals surface area contributed by atoms with Crippen molar-refractivity contribution in [3.63, 3.8) is 0 Å². The Labute approximate surface area is 138 Å². The number of aromatic amines is 1. The standard InChI is InChI=1S/C13H20F3N5O.ClH/c1-9-6-10(20-19-9)7-12(22)18-8-11(13(14,15)16)21-4-2-17-3-5-21;/h6,11,17H,2-5,7-8H2,1H3,(H,18,22)(H,19,20);1H. The van der Waals surface area contributed by atoms with Crippen molar-refractivity contribution in [1.29, 1.82) is 0 Å². The second-order valence-electron chi connectivity index (χ2n) is 5.37. The highest BCUT2D eigenvalue weighted by molar-refractivity contribution is 5.85. The lowest BCUT2D eigenvalue weighted by molar-refractivity contribution is -0.184. The van der Waals surface area contributed by atoms with Crippen molar-refractivity contribution in [1.82, 2.24) is 25.7 Å². The van der Waals surface area contributed by atoms with Gasteiger partial charge in [0, 0.05) is 38.4 Å². The minimum Gasteiger partial charge on any atom is -0.354 e. The minimum atomic E-state index is -4.37. The number of carbonyl (C=O) groups is 1. The van der Waals surface area contributed by atoms with Gasteiger partial charge in [0.25, 0.3) is 0 Å². The summed E-state index contributed by atoms with van der Waals surface area (Å²) in [5.74, 6) is -0.462. The van der Waals surface area contributed by atoms with E-state index < -0.39 is 24.7 Å². The van der Waals surface area contributed by atoms with Crippen LogP contribution in [0.2, 0.25) is 0 Å². The average Bonchev–Trinajstić information content (AvgIpc) is 2.84. The van der Waals surface area contributed by atoms with E-state index in [0.29, 0.717) is 31.9 Å². The number of amides is 1. The SMILES string of the molecule is Cc1cc(CC(=O)NCC(N2CCNCC2)C(F)(F)F)n[nH]1.Cl. The first-order valence-corrected chi connectivity index (χ1v) is 7.15. The van der Waals surface area contributed by atoms with Gasteiger partial charge in [-0.3, -0.25) is 14.8 Å². The Bertz CT molecular complexity index is 502. The summed E-state index contributed by atoms with van der Waals surface area (Å²) in [5.41, 5.74) is 1.32. The first kappa shape index (κ1) is 19.7. The van der Waals surface area contributed by atoms with Crippen LogP contribution in [0.3, 0.4) is 0 Å². The Hall–Kier alpha value is -1.32. The Morgan fingerprint density at radius 2 is 2.09 bits per heavy atom. The largest absolute Gasteiger partial charge is 0.405 e. The Kier molecular flexibility index (Phi) is 7.30. The number of hydrogen-bond donors (Lipinski definition) is 3. The molecule has 0 bridgehead atoms. The normalized spacial score (nSPS) is 17.4. The molecule has 1 aliphatic rings. The van der Waals surface area contributed by atoms with Gasteiger partial charge in [-0.1, -0.05) is 0 Å². The second kappa shape index (κ2) is 8.51. The predicted octanol–water partition coefficient (Wildman–Crippen LogP) is 0.635. The number of H-pyrrole nitrogens is 1. The van der Waals surface area contributed by atoms with Gasteiger partial charge in [-0.25, -0.2) is 0 Å². The van der Waals surface area contributed by atoms with Gasteiger partial charge in [-0.05, 0) is 13.0 Å². The van der Waals surface area contributed by atoms with Crippen molar-refractivity contribution in [2.75, 3.05) is 32.7 Å².